The molecule has 1 saturated heterocycles. The van der Waals surface area contributed by atoms with Crippen LogP contribution < -0.4 is 26.6 Å². The second-order valence-electron chi connectivity index (χ2n) is 9.34. The van der Waals surface area contributed by atoms with E-state index in [0.717, 1.165) is 17.7 Å². The molecular weight excluding hydrogens is 521 g/mol. The second kappa shape index (κ2) is 11.2. The van der Waals surface area contributed by atoms with Crippen LogP contribution in [0.4, 0.5) is 41.9 Å². The van der Waals surface area contributed by atoms with E-state index in [2.05, 4.69) is 30.9 Å². The molecule has 1 amide bonds. The topological polar surface area (TPSA) is 121 Å². The van der Waals surface area contributed by atoms with E-state index in [1.165, 1.54) is 12.4 Å². The number of carbonyl (C=O) groups excluding carboxylic acids is 1. The average molecular weight is 549 g/mol. The van der Waals surface area contributed by atoms with Gasteiger partial charge < -0.3 is 26.6 Å². The van der Waals surface area contributed by atoms with Crippen molar-refractivity contribution in [2.45, 2.75) is 13.1 Å². The quantitative estimate of drug-likeness (QED) is 0.270. The lowest BCUT2D eigenvalue weighted by atomic mass is 10.1. The normalized spacial score (nSPS) is 13.7. The lowest BCUT2D eigenvalue weighted by Crippen LogP contribution is -2.43. The summed E-state index contributed by atoms with van der Waals surface area (Å²) in [5, 5.41) is 9.18. The maximum Gasteiger partial charge on any atom is 0.416 e. The van der Waals surface area contributed by atoms with E-state index in [1.54, 1.807) is 36.5 Å². The van der Waals surface area contributed by atoms with Crippen molar-refractivity contribution in [2.75, 3.05) is 47.4 Å². The fraction of sp³-hybridized carbons (Fsp3) is 0.214. The molecule has 2 aromatic carbocycles. The van der Waals surface area contributed by atoms with Gasteiger partial charge >= 0.3 is 6.18 Å². The van der Waals surface area contributed by atoms with Crippen molar-refractivity contribution in [3.8, 4) is 11.3 Å². The summed E-state index contributed by atoms with van der Waals surface area (Å²) in [6.07, 6.45) is -1.60. The molecule has 0 saturated carbocycles. The summed E-state index contributed by atoms with van der Waals surface area (Å²) in [7, 11) is 0. The van der Waals surface area contributed by atoms with Crippen LogP contribution in [-0.2, 0) is 6.18 Å². The molecule has 0 spiro atoms. The number of anilines is 5. The summed E-state index contributed by atoms with van der Waals surface area (Å²) in [4.78, 5) is 27.7. The predicted molar refractivity (Wildman–Crippen MR) is 149 cm³/mol. The summed E-state index contributed by atoms with van der Waals surface area (Å²) in [5.74, 6) is 0.174. The van der Waals surface area contributed by atoms with E-state index < -0.39 is 17.6 Å². The highest BCUT2D eigenvalue weighted by atomic mass is 19.4. The highest BCUT2D eigenvalue weighted by Crippen LogP contribution is 2.34. The number of pyridine rings is 1. The summed E-state index contributed by atoms with van der Waals surface area (Å²) in [6, 6.07) is 13.9. The second-order valence-corrected chi connectivity index (χ2v) is 9.34. The molecule has 206 valence electrons. The zero-order valence-electron chi connectivity index (χ0n) is 21.6. The van der Waals surface area contributed by atoms with E-state index in [9.17, 15) is 18.0 Å². The number of rotatable bonds is 6. The molecular formula is C28H27F3N8O. The highest BCUT2D eigenvalue weighted by molar-refractivity contribution is 6.05. The van der Waals surface area contributed by atoms with Gasteiger partial charge in [-0.25, -0.2) is 15.0 Å². The standard InChI is InChI=1S/C28H27F3N8O/c1-17-4-5-20(14-23(17)38-26-22(3-2-6-34-26)24-15-25(32)36-16-35-24)37-27(40)18-11-19(28(29,30)31)13-21(12-18)39-9-7-33-8-10-39/h2-6,11-16,33H,7-10H2,1H3,(H,34,38)(H,37,40)(H2,32,35,36). The van der Waals surface area contributed by atoms with Crippen LogP contribution in [0, 0.1) is 6.92 Å². The number of nitrogen functional groups attached to an aromatic ring is 1. The van der Waals surface area contributed by atoms with Gasteiger partial charge in [0.2, 0.25) is 0 Å². The first-order valence-corrected chi connectivity index (χ1v) is 12.6. The van der Waals surface area contributed by atoms with Crippen molar-refractivity contribution in [3.05, 3.63) is 83.8 Å². The summed E-state index contributed by atoms with van der Waals surface area (Å²) in [6.45, 7) is 4.28. The Balaban J connectivity index is 1.41. The minimum absolute atomic E-state index is 0.0770. The number of aromatic nitrogens is 3. The average Bonchev–Trinajstić information content (AvgIpc) is 2.95. The minimum atomic E-state index is -4.59. The molecule has 0 radical (unpaired) electrons. The smallest absolute Gasteiger partial charge is 0.384 e. The van der Waals surface area contributed by atoms with Crippen LogP contribution in [0.15, 0.2) is 67.1 Å². The van der Waals surface area contributed by atoms with Crippen LogP contribution in [0.1, 0.15) is 21.5 Å². The van der Waals surface area contributed by atoms with E-state index in [-0.39, 0.29) is 5.56 Å². The monoisotopic (exact) mass is 548 g/mol. The zero-order valence-corrected chi connectivity index (χ0v) is 21.6. The number of alkyl halides is 3. The molecule has 1 aliphatic heterocycles. The molecule has 0 unspecified atom stereocenters. The van der Waals surface area contributed by atoms with Crippen molar-refractivity contribution in [1.29, 1.82) is 0 Å². The predicted octanol–water partition coefficient (Wildman–Crippen LogP) is 4.85. The molecule has 9 nitrogen and oxygen atoms in total. The molecule has 0 aliphatic carbocycles. The Morgan fingerprint density at radius 2 is 1.82 bits per heavy atom. The maximum atomic E-state index is 13.7. The molecule has 5 rings (SSSR count). The number of nitrogens with zero attached hydrogens (tertiary/aromatic N) is 4. The van der Waals surface area contributed by atoms with Crippen molar-refractivity contribution < 1.29 is 18.0 Å². The van der Waals surface area contributed by atoms with Crippen LogP contribution in [-0.4, -0.2) is 47.0 Å². The zero-order chi connectivity index (χ0) is 28.3. The number of nitrogens with one attached hydrogen (secondary N) is 3. The van der Waals surface area contributed by atoms with Crippen LogP contribution in [0.5, 0.6) is 0 Å². The molecule has 1 fully saturated rings. The SMILES string of the molecule is Cc1ccc(NC(=O)c2cc(N3CCNCC3)cc(C(F)(F)F)c2)cc1Nc1ncccc1-c1cc(N)ncn1. The fourth-order valence-corrected chi connectivity index (χ4v) is 4.41. The molecule has 2 aromatic heterocycles. The van der Waals surface area contributed by atoms with Gasteiger partial charge in [-0.3, -0.25) is 4.79 Å². The lowest BCUT2D eigenvalue weighted by Gasteiger charge is -2.30. The fourth-order valence-electron chi connectivity index (χ4n) is 4.41. The van der Waals surface area contributed by atoms with Crippen LogP contribution in [0.2, 0.25) is 0 Å². The molecule has 4 aromatic rings. The van der Waals surface area contributed by atoms with Gasteiger partial charge in [-0.2, -0.15) is 13.2 Å². The van der Waals surface area contributed by atoms with E-state index in [4.69, 9.17) is 5.73 Å². The Labute approximate surface area is 228 Å². The number of piperazine rings is 1. The molecule has 12 heteroatoms. The van der Waals surface area contributed by atoms with Gasteiger partial charge in [0.1, 0.15) is 18.0 Å². The van der Waals surface area contributed by atoms with Gasteiger partial charge in [-0.15, -0.1) is 0 Å². The third kappa shape index (κ3) is 6.12. The first-order chi connectivity index (χ1) is 19.2. The Kier molecular flexibility index (Phi) is 7.52. The lowest BCUT2D eigenvalue weighted by molar-refractivity contribution is -0.137. The number of hydrogen-bond acceptors (Lipinski definition) is 8. The van der Waals surface area contributed by atoms with Gasteiger partial charge in [-0.05, 0) is 55.0 Å². The largest absolute Gasteiger partial charge is 0.416 e. The molecule has 40 heavy (non-hydrogen) atoms. The Morgan fingerprint density at radius 3 is 2.58 bits per heavy atom. The van der Waals surface area contributed by atoms with Crippen LogP contribution >= 0.6 is 0 Å². The van der Waals surface area contributed by atoms with Gasteiger partial charge in [0.05, 0.1) is 11.3 Å². The number of amides is 1. The van der Waals surface area contributed by atoms with Crippen LogP contribution in [0.3, 0.4) is 0 Å². The summed E-state index contributed by atoms with van der Waals surface area (Å²) < 4.78 is 41.1. The first-order valence-electron chi connectivity index (χ1n) is 12.6. The molecule has 1 aliphatic rings. The minimum Gasteiger partial charge on any atom is -0.384 e. The summed E-state index contributed by atoms with van der Waals surface area (Å²) in [5.41, 5.74) is 8.41. The number of benzene rings is 2. The van der Waals surface area contributed by atoms with Gasteiger partial charge in [0, 0.05) is 66.6 Å². The molecule has 0 atom stereocenters. The Hall–Kier alpha value is -4.71. The van der Waals surface area contributed by atoms with Crippen LogP contribution in [0.25, 0.3) is 11.3 Å². The van der Waals surface area contributed by atoms with Gasteiger partial charge in [-0.1, -0.05) is 6.07 Å². The number of carbonyl (C=O) groups is 1. The van der Waals surface area contributed by atoms with E-state index in [0.29, 0.717) is 66.1 Å². The molecule has 0 bridgehead atoms. The third-order valence-corrected chi connectivity index (χ3v) is 6.51. The van der Waals surface area contributed by atoms with E-state index >= 15 is 0 Å². The maximum absolute atomic E-state index is 13.7. The number of aryl methyl sites for hydroxylation is 1. The van der Waals surface area contributed by atoms with Crippen molar-refractivity contribution in [2.24, 2.45) is 0 Å². The van der Waals surface area contributed by atoms with Gasteiger partial charge in [0.15, 0.2) is 0 Å². The number of halogens is 3. The number of hydrogen-bond donors (Lipinski definition) is 4. The third-order valence-electron chi connectivity index (χ3n) is 6.51. The van der Waals surface area contributed by atoms with E-state index in [1.807, 2.05) is 17.9 Å². The first kappa shape index (κ1) is 26.9. The Morgan fingerprint density at radius 1 is 1.02 bits per heavy atom. The van der Waals surface area contributed by atoms with Crippen molar-refractivity contribution in [3.63, 3.8) is 0 Å². The summed E-state index contributed by atoms with van der Waals surface area (Å²) >= 11 is 0. The van der Waals surface area contributed by atoms with Crippen molar-refractivity contribution >= 4 is 34.6 Å². The highest BCUT2D eigenvalue weighted by Gasteiger charge is 2.32. The van der Waals surface area contributed by atoms with Gasteiger partial charge in [0.25, 0.3) is 5.91 Å². The molecule has 3 heterocycles. The Bertz CT molecular complexity index is 1540. The number of nitrogens with two attached hydrogens (primary N) is 1. The molecule has 5 N–H and O–H groups in total. The van der Waals surface area contributed by atoms with Crippen molar-refractivity contribution in [1.82, 2.24) is 20.3 Å².